The molecular formula is C12H21F3N4O3. The van der Waals surface area contributed by atoms with Gasteiger partial charge in [-0.15, -0.1) is 0 Å². The minimum atomic E-state index is -5.08. The van der Waals surface area contributed by atoms with Crippen molar-refractivity contribution in [2.24, 2.45) is 17.4 Å². The van der Waals surface area contributed by atoms with E-state index in [0.29, 0.717) is 12.3 Å². The van der Waals surface area contributed by atoms with Crippen LogP contribution in [0.2, 0.25) is 0 Å². The molecule has 7 N–H and O–H groups in total. The number of halogens is 3. The van der Waals surface area contributed by atoms with Gasteiger partial charge in [-0.1, -0.05) is 32.1 Å². The van der Waals surface area contributed by atoms with E-state index in [0.717, 1.165) is 12.8 Å². The standard InChI is InChI=1S/C10H20N4O.C2HF3O2/c11-9(15)8(14-10(12)13)6-7-4-2-1-3-5-7;3-2(4,5)1(6)7/h7-8H,1-6H2,(H2,11,15)(H4,12,13,14);(H,6,7)/t8-;/m0./s1. The van der Waals surface area contributed by atoms with E-state index in [-0.39, 0.29) is 5.96 Å². The molecule has 0 aromatic heterocycles. The lowest BCUT2D eigenvalue weighted by Crippen LogP contribution is -2.48. The highest BCUT2D eigenvalue weighted by Gasteiger charge is 2.38. The number of hydrogen-bond acceptors (Lipinski definition) is 3. The third-order valence-electron chi connectivity index (χ3n) is 3.21. The van der Waals surface area contributed by atoms with Crippen molar-refractivity contribution < 1.29 is 27.9 Å². The molecule has 1 amide bonds. The number of carbonyl (C=O) groups excluding carboxylic acids is 1. The molecule has 0 aliphatic heterocycles. The van der Waals surface area contributed by atoms with Gasteiger partial charge in [0.05, 0.1) is 0 Å². The van der Waals surface area contributed by atoms with Gasteiger partial charge >= 0.3 is 12.1 Å². The average molecular weight is 326 g/mol. The number of nitrogens with one attached hydrogen (secondary N) is 2. The molecule has 1 saturated carbocycles. The third kappa shape index (κ3) is 9.03. The van der Waals surface area contributed by atoms with Crippen LogP contribution in [-0.4, -0.2) is 35.2 Å². The number of aliphatic carboxylic acids is 1. The number of carboxylic acid groups (broad SMARTS) is 1. The van der Waals surface area contributed by atoms with Crippen LogP contribution in [0.3, 0.4) is 0 Å². The average Bonchev–Trinajstić information content (AvgIpc) is 2.38. The zero-order valence-corrected chi connectivity index (χ0v) is 11.9. The number of primary amides is 1. The van der Waals surface area contributed by atoms with Crippen molar-refractivity contribution in [3.63, 3.8) is 0 Å². The summed E-state index contributed by atoms with van der Waals surface area (Å²) < 4.78 is 31.7. The SMILES string of the molecule is N=C(N)N[C@@H](CC1CCCCC1)C(N)=O.O=C(O)C(F)(F)F. The van der Waals surface area contributed by atoms with E-state index in [4.69, 9.17) is 26.8 Å². The molecule has 0 heterocycles. The normalized spacial score (nSPS) is 16.9. The number of hydrogen-bond donors (Lipinski definition) is 5. The van der Waals surface area contributed by atoms with Crippen molar-refractivity contribution in [1.82, 2.24) is 5.32 Å². The highest BCUT2D eigenvalue weighted by atomic mass is 19.4. The second-order valence-electron chi connectivity index (χ2n) is 5.06. The summed E-state index contributed by atoms with van der Waals surface area (Å²) in [6.07, 6.45) is 1.69. The van der Waals surface area contributed by atoms with Crippen molar-refractivity contribution in [3.8, 4) is 0 Å². The zero-order chi connectivity index (χ0) is 17.3. The first kappa shape index (κ1) is 20.0. The number of carboxylic acids is 1. The lowest BCUT2D eigenvalue weighted by Gasteiger charge is -2.25. The van der Waals surface area contributed by atoms with Crippen LogP contribution in [0.15, 0.2) is 0 Å². The summed E-state index contributed by atoms with van der Waals surface area (Å²) in [4.78, 5) is 20.0. The monoisotopic (exact) mass is 326 g/mol. The molecule has 1 rings (SSSR count). The predicted octanol–water partition coefficient (Wildman–Crippen LogP) is 0.927. The van der Waals surface area contributed by atoms with Gasteiger partial charge in [-0.2, -0.15) is 13.2 Å². The first-order chi connectivity index (χ1) is 10.0. The van der Waals surface area contributed by atoms with Gasteiger partial charge in [0.1, 0.15) is 6.04 Å². The lowest BCUT2D eigenvalue weighted by molar-refractivity contribution is -0.192. The van der Waals surface area contributed by atoms with Crippen LogP contribution < -0.4 is 16.8 Å². The van der Waals surface area contributed by atoms with Crippen LogP contribution in [0.5, 0.6) is 0 Å². The minimum Gasteiger partial charge on any atom is -0.475 e. The van der Waals surface area contributed by atoms with E-state index in [1.165, 1.54) is 19.3 Å². The van der Waals surface area contributed by atoms with Gasteiger partial charge in [-0.05, 0) is 12.3 Å². The number of amides is 1. The molecule has 7 nitrogen and oxygen atoms in total. The zero-order valence-electron chi connectivity index (χ0n) is 11.9. The van der Waals surface area contributed by atoms with E-state index >= 15 is 0 Å². The Kier molecular flexibility index (Phi) is 8.28. The van der Waals surface area contributed by atoms with Gasteiger partial charge in [0.2, 0.25) is 5.91 Å². The first-order valence-electron chi connectivity index (χ1n) is 6.74. The molecule has 1 atom stereocenters. The summed E-state index contributed by atoms with van der Waals surface area (Å²) >= 11 is 0. The highest BCUT2D eigenvalue weighted by molar-refractivity contribution is 5.86. The van der Waals surface area contributed by atoms with Crippen molar-refractivity contribution in [3.05, 3.63) is 0 Å². The molecule has 1 aliphatic rings. The van der Waals surface area contributed by atoms with E-state index < -0.39 is 24.1 Å². The Labute approximate surface area is 125 Å². The Morgan fingerprint density at radius 2 is 1.68 bits per heavy atom. The fourth-order valence-electron chi connectivity index (χ4n) is 2.19. The second kappa shape index (κ2) is 9.11. The number of alkyl halides is 3. The fourth-order valence-corrected chi connectivity index (χ4v) is 2.19. The molecule has 0 unspecified atom stereocenters. The molecule has 0 aromatic carbocycles. The molecule has 10 heteroatoms. The molecule has 1 aliphatic carbocycles. The topological polar surface area (TPSA) is 142 Å². The summed E-state index contributed by atoms with van der Waals surface area (Å²) in [7, 11) is 0. The minimum absolute atomic E-state index is 0.186. The molecule has 0 aromatic rings. The Morgan fingerprint density at radius 3 is 2.00 bits per heavy atom. The highest BCUT2D eigenvalue weighted by Crippen LogP contribution is 2.27. The maximum atomic E-state index is 11.1. The van der Waals surface area contributed by atoms with Gasteiger partial charge in [-0.3, -0.25) is 10.2 Å². The number of carbonyl (C=O) groups is 2. The van der Waals surface area contributed by atoms with E-state index in [2.05, 4.69) is 5.32 Å². The molecule has 0 saturated heterocycles. The van der Waals surface area contributed by atoms with E-state index in [1.807, 2.05) is 0 Å². The number of rotatable bonds is 4. The Bertz CT molecular complexity index is 396. The number of nitrogens with two attached hydrogens (primary N) is 2. The lowest BCUT2D eigenvalue weighted by atomic mass is 9.84. The van der Waals surface area contributed by atoms with Crippen LogP contribution in [0.1, 0.15) is 38.5 Å². The summed E-state index contributed by atoms with van der Waals surface area (Å²) in [5.74, 6) is -2.82. The molecule has 1 fully saturated rings. The Hall–Kier alpha value is -2.00. The molecule has 22 heavy (non-hydrogen) atoms. The first-order valence-corrected chi connectivity index (χ1v) is 6.74. The van der Waals surface area contributed by atoms with Crippen LogP contribution >= 0.6 is 0 Å². The molecule has 0 spiro atoms. The van der Waals surface area contributed by atoms with Gasteiger partial charge in [0.25, 0.3) is 0 Å². The second-order valence-corrected chi connectivity index (χ2v) is 5.06. The van der Waals surface area contributed by atoms with E-state index in [1.54, 1.807) is 0 Å². The third-order valence-corrected chi connectivity index (χ3v) is 3.21. The molecular weight excluding hydrogens is 305 g/mol. The van der Waals surface area contributed by atoms with Crippen LogP contribution in [0.25, 0.3) is 0 Å². The quantitative estimate of drug-likeness (QED) is 0.386. The molecule has 128 valence electrons. The van der Waals surface area contributed by atoms with Gasteiger partial charge in [0.15, 0.2) is 5.96 Å². The maximum Gasteiger partial charge on any atom is 0.490 e. The van der Waals surface area contributed by atoms with Crippen molar-refractivity contribution in [2.45, 2.75) is 50.7 Å². The predicted molar refractivity (Wildman–Crippen MR) is 72.9 cm³/mol. The van der Waals surface area contributed by atoms with Gasteiger partial charge < -0.3 is 21.9 Å². The van der Waals surface area contributed by atoms with Crippen molar-refractivity contribution in [2.75, 3.05) is 0 Å². The van der Waals surface area contributed by atoms with Crippen molar-refractivity contribution in [1.29, 1.82) is 5.41 Å². The van der Waals surface area contributed by atoms with Crippen molar-refractivity contribution >= 4 is 17.8 Å². The largest absolute Gasteiger partial charge is 0.490 e. The summed E-state index contributed by atoms with van der Waals surface area (Å²) in [6.45, 7) is 0. The van der Waals surface area contributed by atoms with Crippen LogP contribution in [-0.2, 0) is 9.59 Å². The van der Waals surface area contributed by atoms with E-state index in [9.17, 15) is 18.0 Å². The Morgan fingerprint density at radius 1 is 1.23 bits per heavy atom. The van der Waals surface area contributed by atoms with Crippen LogP contribution in [0.4, 0.5) is 13.2 Å². The maximum absolute atomic E-state index is 11.1. The summed E-state index contributed by atoms with van der Waals surface area (Å²) in [6, 6.07) is -0.481. The summed E-state index contributed by atoms with van der Waals surface area (Å²) in [5.41, 5.74) is 10.4. The smallest absolute Gasteiger partial charge is 0.475 e. The Balaban J connectivity index is 0.000000534. The molecule has 0 bridgehead atoms. The van der Waals surface area contributed by atoms with Gasteiger partial charge in [0, 0.05) is 0 Å². The summed E-state index contributed by atoms with van der Waals surface area (Å²) in [5, 5.41) is 16.8. The van der Waals surface area contributed by atoms with Gasteiger partial charge in [-0.25, -0.2) is 4.79 Å². The van der Waals surface area contributed by atoms with Crippen LogP contribution in [0, 0.1) is 11.3 Å². The number of guanidine groups is 1. The molecule has 0 radical (unpaired) electrons. The fraction of sp³-hybridized carbons (Fsp3) is 0.750.